The van der Waals surface area contributed by atoms with Crippen LogP contribution in [0.5, 0.6) is 0 Å². The normalized spacial score (nSPS) is 16.2. The van der Waals surface area contributed by atoms with E-state index in [-0.39, 0.29) is 23.8 Å². The van der Waals surface area contributed by atoms with Gasteiger partial charge in [-0.15, -0.1) is 0 Å². The minimum absolute atomic E-state index is 0.0425. The van der Waals surface area contributed by atoms with Gasteiger partial charge in [-0.1, -0.05) is 36.4 Å². The average molecular weight is 473 g/mol. The predicted octanol–water partition coefficient (Wildman–Crippen LogP) is 2.73. The van der Waals surface area contributed by atoms with Crippen molar-refractivity contribution in [3.8, 4) is 0 Å². The number of benzene rings is 2. The number of piperidine rings is 1. The van der Waals surface area contributed by atoms with Crippen LogP contribution in [0.25, 0.3) is 10.8 Å². The molecule has 5 rings (SSSR count). The SMILES string of the molecule is Cc1cncn1CCCn1c(N2CCC[C@@H](N)C2)cc(=O)n(Cc2ccc3ccccc3c2)c1=O. The van der Waals surface area contributed by atoms with E-state index in [0.717, 1.165) is 54.4 Å². The molecule has 2 aromatic heterocycles. The largest absolute Gasteiger partial charge is 0.356 e. The van der Waals surface area contributed by atoms with Crippen LogP contribution in [0.2, 0.25) is 0 Å². The zero-order chi connectivity index (χ0) is 24.4. The Labute approximate surface area is 204 Å². The Kier molecular flexibility index (Phi) is 6.55. The second-order valence-corrected chi connectivity index (χ2v) is 9.47. The first-order chi connectivity index (χ1) is 17.0. The molecule has 0 amide bonds. The summed E-state index contributed by atoms with van der Waals surface area (Å²) in [5.41, 5.74) is 7.68. The van der Waals surface area contributed by atoms with Gasteiger partial charge in [-0.25, -0.2) is 9.78 Å². The Hall–Kier alpha value is -3.65. The summed E-state index contributed by atoms with van der Waals surface area (Å²) in [4.78, 5) is 33.2. The summed E-state index contributed by atoms with van der Waals surface area (Å²) < 4.78 is 5.18. The number of aromatic nitrogens is 4. The van der Waals surface area contributed by atoms with Crippen LogP contribution in [0.15, 0.2) is 70.6 Å². The van der Waals surface area contributed by atoms with Crippen LogP contribution >= 0.6 is 0 Å². The van der Waals surface area contributed by atoms with E-state index >= 15 is 0 Å². The van der Waals surface area contributed by atoms with Crippen molar-refractivity contribution in [2.45, 2.75) is 51.9 Å². The van der Waals surface area contributed by atoms with E-state index in [1.54, 1.807) is 10.6 Å². The summed E-state index contributed by atoms with van der Waals surface area (Å²) >= 11 is 0. The van der Waals surface area contributed by atoms with Crippen molar-refractivity contribution in [1.29, 1.82) is 0 Å². The third-order valence-electron chi connectivity index (χ3n) is 6.89. The third kappa shape index (κ3) is 4.93. The lowest BCUT2D eigenvalue weighted by Gasteiger charge is -2.34. The maximum atomic E-state index is 13.7. The van der Waals surface area contributed by atoms with Gasteiger partial charge in [-0.05, 0) is 48.6 Å². The van der Waals surface area contributed by atoms with Gasteiger partial charge in [0.25, 0.3) is 5.56 Å². The number of hydrogen-bond donors (Lipinski definition) is 1. The van der Waals surface area contributed by atoms with E-state index in [0.29, 0.717) is 18.9 Å². The van der Waals surface area contributed by atoms with Gasteiger partial charge in [0, 0.05) is 50.2 Å². The van der Waals surface area contributed by atoms with Gasteiger partial charge < -0.3 is 15.2 Å². The molecule has 1 saturated heterocycles. The minimum Gasteiger partial charge on any atom is -0.356 e. The van der Waals surface area contributed by atoms with Crippen molar-refractivity contribution in [2.75, 3.05) is 18.0 Å². The fraction of sp³-hybridized carbons (Fsp3) is 0.370. The highest BCUT2D eigenvalue weighted by molar-refractivity contribution is 5.82. The average Bonchev–Trinajstić information content (AvgIpc) is 3.27. The number of fused-ring (bicyclic) bond motifs is 1. The van der Waals surface area contributed by atoms with Crippen molar-refractivity contribution >= 4 is 16.6 Å². The maximum absolute atomic E-state index is 13.7. The van der Waals surface area contributed by atoms with Gasteiger partial charge in [0.1, 0.15) is 5.82 Å². The van der Waals surface area contributed by atoms with Crippen LogP contribution in [-0.4, -0.2) is 37.8 Å². The van der Waals surface area contributed by atoms with Crippen LogP contribution in [0.3, 0.4) is 0 Å². The van der Waals surface area contributed by atoms with Crippen LogP contribution in [-0.2, 0) is 19.6 Å². The molecule has 1 aliphatic rings. The Bertz CT molecular complexity index is 1450. The molecule has 35 heavy (non-hydrogen) atoms. The molecule has 0 radical (unpaired) electrons. The molecule has 8 heteroatoms. The molecule has 1 fully saturated rings. The maximum Gasteiger partial charge on any atom is 0.332 e. The second kappa shape index (κ2) is 9.92. The molecule has 8 nitrogen and oxygen atoms in total. The lowest BCUT2D eigenvalue weighted by atomic mass is 10.1. The van der Waals surface area contributed by atoms with Crippen molar-refractivity contribution in [1.82, 2.24) is 18.7 Å². The fourth-order valence-corrected chi connectivity index (χ4v) is 4.98. The Morgan fingerprint density at radius 3 is 2.63 bits per heavy atom. The zero-order valence-corrected chi connectivity index (χ0v) is 20.1. The summed E-state index contributed by atoms with van der Waals surface area (Å²) in [7, 11) is 0. The number of hydrogen-bond acceptors (Lipinski definition) is 5. The topological polar surface area (TPSA) is 91.1 Å². The highest BCUT2D eigenvalue weighted by Gasteiger charge is 2.22. The van der Waals surface area contributed by atoms with Gasteiger partial charge in [0.05, 0.1) is 12.9 Å². The highest BCUT2D eigenvalue weighted by atomic mass is 16.2. The fourth-order valence-electron chi connectivity index (χ4n) is 4.98. The smallest absolute Gasteiger partial charge is 0.332 e. The van der Waals surface area contributed by atoms with E-state index in [1.807, 2.05) is 55.8 Å². The number of anilines is 1. The van der Waals surface area contributed by atoms with E-state index in [2.05, 4.69) is 20.5 Å². The van der Waals surface area contributed by atoms with Crippen molar-refractivity contribution < 1.29 is 0 Å². The van der Waals surface area contributed by atoms with E-state index < -0.39 is 0 Å². The lowest BCUT2D eigenvalue weighted by Crippen LogP contribution is -2.48. The zero-order valence-electron chi connectivity index (χ0n) is 20.1. The monoisotopic (exact) mass is 472 g/mol. The molecule has 0 unspecified atom stereocenters. The van der Waals surface area contributed by atoms with Gasteiger partial charge in [-0.2, -0.15) is 0 Å². The van der Waals surface area contributed by atoms with Gasteiger partial charge >= 0.3 is 5.69 Å². The van der Waals surface area contributed by atoms with E-state index in [9.17, 15) is 9.59 Å². The summed E-state index contributed by atoms with van der Waals surface area (Å²) in [6.07, 6.45) is 6.29. The molecular weight excluding hydrogens is 440 g/mol. The molecule has 0 aliphatic carbocycles. The first-order valence-electron chi connectivity index (χ1n) is 12.3. The van der Waals surface area contributed by atoms with Crippen molar-refractivity contribution in [3.05, 3.63) is 93.2 Å². The molecule has 2 N–H and O–H groups in total. The first kappa shape index (κ1) is 23.1. The van der Waals surface area contributed by atoms with Gasteiger partial charge in [0.15, 0.2) is 0 Å². The lowest BCUT2D eigenvalue weighted by molar-refractivity contribution is 0.473. The molecule has 0 bridgehead atoms. The second-order valence-electron chi connectivity index (χ2n) is 9.47. The van der Waals surface area contributed by atoms with Crippen molar-refractivity contribution in [3.63, 3.8) is 0 Å². The van der Waals surface area contributed by atoms with Crippen molar-refractivity contribution in [2.24, 2.45) is 5.73 Å². The summed E-state index contributed by atoms with van der Waals surface area (Å²) in [6.45, 7) is 4.96. The van der Waals surface area contributed by atoms with Crippen LogP contribution in [0, 0.1) is 6.92 Å². The molecular formula is C27H32N6O2. The Balaban J connectivity index is 1.49. The molecule has 4 aromatic rings. The number of aryl methyl sites for hydroxylation is 2. The summed E-state index contributed by atoms with van der Waals surface area (Å²) in [5, 5.41) is 2.22. The van der Waals surface area contributed by atoms with Gasteiger partial charge in [-0.3, -0.25) is 13.9 Å². The molecule has 3 heterocycles. The molecule has 182 valence electrons. The number of nitrogens with zero attached hydrogens (tertiary/aromatic N) is 5. The molecule has 1 atom stereocenters. The number of rotatable bonds is 7. The van der Waals surface area contributed by atoms with E-state index in [4.69, 9.17) is 5.73 Å². The van der Waals surface area contributed by atoms with Crippen LogP contribution in [0.4, 0.5) is 5.82 Å². The molecule has 1 aliphatic heterocycles. The summed E-state index contributed by atoms with van der Waals surface area (Å²) in [6, 6.07) is 15.8. The standard InChI is InChI=1S/C27H32N6O2/c1-20-16-29-19-31(20)12-5-13-32-25(30-11-4-8-24(28)18-30)15-26(34)33(27(32)35)17-21-9-10-22-6-2-3-7-23(22)14-21/h2-3,6-7,9-10,14-16,19,24H,4-5,8,11-13,17-18,28H2,1H3/t24-/m1/s1. The predicted molar refractivity (Wildman–Crippen MR) is 139 cm³/mol. The quantitative estimate of drug-likeness (QED) is 0.447. The molecule has 0 saturated carbocycles. The van der Waals surface area contributed by atoms with E-state index in [1.165, 1.54) is 4.57 Å². The summed E-state index contributed by atoms with van der Waals surface area (Å²) in [5.74, 6) is 0.673. The third-order valence-corrected chi connectivity index (χ3v) is 6.89. The van der Waals surface area contributed by atoms with Crippen LogP contribution < -0.4 is 21.9 Å². The number of nitrogens with two attached hydrogens (primary N) is 1. The number of imidazole rings is 1. The Morgan fingerprint density at radius 1 is 1.03 bits per heavy atom. The molecule has 2 aromatic carbocycles. The van der Waals surface area contributed by atoms with Crippen LogP contribution in [0.1, 0.15) is 30.5 Å². The minimum atomic E-state index is -0.279. The van der Waals surface area contributed by atoms with Gasteiger partial charge in [0.2, 0.25) is 0 Å². The molecule has 0 spiro atoms. The Morgan fingerprint density at radius 2 is 1.86 bits per heavy atom. The highest BCUT2D eigenvalue weighted by Crippen LogP contribution is 2.19. The first-order valence-corrected chi connectivity index (χ1v) is 12.3.